The van der Waals surface area contributed by atoms with E-state index < -0.39 is 0 Å². The van der Waals surface area contributed by atoms with Crippen molar-refractivity contribution in [3.8, 4) is 5.75 Å². The Hall–Kier alpha value is -1.95. The lowest BCUT2D eigenvalue weighted by Gasteiger charge is -2.38. The number of hydrogen-bond donors (Lipinski definition) is 2. The van der Waals surface area contributed by atoms with Crippen molar-refractivity contribution in [2.75, 3.05) is 57.3 Å². The van der Waals surface area contributed by atoms with Crippen LogP contribution in [-0.2, 0) is 0 Å². The van der Waals surface area contributed by atoms with Gasteiger partial charge in [0.1, 0.15) is 5.75 Å². The summed E-state index contributed by atoms with van der Waals surface area (Å²) in [6, 6.07) is 8.37. The SMILES string of the molecule is CCNC(=NCCCCN1CCCCC1C)N1CCN(c2ccccc2O)CC1. The summed E-state index contributed by atoms with van der Waals surface area (Å²) >= 11 is 0. The van der Waals surface area contributed by atoms with Crippen molar-refractivity contribution in [3.63, 3.8) is 0 Å². The van der Waals surface area contributed by atoms with Gasteiger partial charge in [-0.3, -0.25) is 4.99 Å². The van der Waals surface area contributed by atoms with Crippen molar-refractivity contribution < 1.29 is 5.11 Å². The summed E-state index contributed by atoms with van der Waals surface area (Å²) in [5.41, 5.74) is 0.932. The lowest BCUT2D eigenvalue weighted by Crippen LogP contribution is -2.52. The number of piperazine rings is 1. The van der Waals surface area contributed by atoms with Gasteiger partial charge >= 0.3 is 0 Å². The summed E-state index contributed by atoms with van der Waals surface area (Å²) in [7, 11) is 0. The van der Waals surface area contributed by atoms with Gasteiger partial charge in [0.05, 0.1) is 5.69 Å². The van der Waals surface area contributed by atoms with E-state index in [0.29, 0.717) is 5.75 Å². The van der Waals surface area contributed by atoms with Crippen molar-refractivity contribution in [3.05, 3.63) is 24.3 Å². The monoisotopic (exact) mass is 401 g/mol. The molecule has 1 unspecified atom stereocenters. The van der Waals surface area contributed by atoms with Gasteiger partial charge in [-0.1, -0.05) is 18.6 Å². The number of benzene rings is 1. The molecule has 0 spiro atoms. The molecule has 0 amide bonds. The molecule has 2 heterocycles. The Balaban J connectivity index is 1.44. The molecule has 2 aliphatic heterocycles. The smallest absolute Gasteiger partial charge is 0.194 e. The Labute approximate surface area is 176 Å². The highest BCUT2D eigenvalue weighted by Crippen LogP contribution is 2.27. The predicted octanol–water partition coefficient (Wildman–Crippen LogP) is 3.13. The van der Waals surface area contributed by atoms with Crippen molar-refractivity contribution in [1.29, 1.82) is 0 Å². The number of rotatable bonds is 7. The molecule has 29 heavy (non-hydrogen) atoms. The number of likely N-dealkylation sites (tertiary alicyclic amines) is 1. The highest BCUT2D eigenvalue weighted by Gasteiger charge is 2.21. The molecule has 162 valence electrons. The van der Waals surface area contributed by atoms with Crippen molar-refractivity contribution >= 4 is 11.6 Å². The number of aliphatic imine (C=N–C) groups is 1. The maximum absolute atomic E-state index is 10.1. The normalized spacial score (nSPS) is 21.4. The van der Waals surface area contributed by atoms with Crippen molar-refractivity contribution in [2.24, 2.45) is 4.99 Å². The van der Waals surface area contributed by atoms with Crippen LogP contribution in [0, 0.1) is 0 Å². The van der Waals surface area contributed by atoms with Gasteiger partial charge in [-0.15, -0.1) is 0 Å². The Morgan fingerprint density at radius 2 is 1.90 bits per heavy atom. The summed E-state index contributed by atoms with van der Waals surface area (Å²) in [6.45, 7) is 12.4. The minimum absolute atomic E-state index is 0.365. The average molecular weight is 402 g/mol. The first-order valence-corrected chi connectivity index (χ1v) is 11.5. The second-order valence-corrected chi connectivity index (χ2v) is 8.29. The first-order chi connectivity index (χ1) is 14.2. The zero-order valence-electron chi connectivity index (χ0n) is 18.3. The number of guanidine groups is 1. The van der Waals surface area contributed by atoms with E-state index in [2.05, 4.69) is 33.9 Å². The zero-order valence-corrected chi connectivity index (χ0v) is 18.3. The third-order valence-corrected chi connectivity index (χ3v) is 6.19. The third-order valence-electron chi connectivity index (χ3n) is 6.19. The quantitative estimate of drug-likeness (QED) is 0.418. The van der Waals surface area contributed by atoms with Crippen LogP contribution < -0.4 is 10.2 Å². The van der Waals surface area contributed by atoms with Gasteiger partial charge < -0.3 is 25.1 Å². The van der Waals surface area contributed by atoms with Gasteiger partial charge in [-0.05, 0) is 64.8 Å². The van der Waals surface area contributed by atoms with E-state index in [-0.39, 0.29) is 0 Å². The fourth-order valence-electron chi connectivity index (χ4n) is 4.42. The summed E-state index contributed by atoms with van der Waals surface area (Å²) in [6.07, 6.45) is 6.49. The molecule has 0 aromatic heterocycles. The van der Waals surface area contributed by atoms with Gasteiger partial charge in [0.2, 0.25) is 0 Å². The molecule has 1 aromatic rings. The molecular weight excluding hydrogens is 362 g/mol. The number of hydrogen-bond acceptors (Lipinski definition) is 4. The predicted molar refractivity (Wildman–Crippen MR) is 122 cm³/mol. The number of phenolic OH excluding ortho intramolecular Hbond substituents is 1. The largest absolute Gasteiger partial charge is 0.506 e. The van der Waals surface area contributed by atoms with Crippen LogP contribution in [-0.4, -0.2) is 79.3 Å². The molecular formula is C23H39N5O. The summed E-state index contributed by atoms with van der Waals surface area (Å²) in [4.78, 5) is 12.2. The Morgan fingerprint density at radius 3 is 2.62 bits per heavy atom. The second kappa shape index (κ2) is 11.3. The van der Waals surface area contributed by atoms with Crippen LogP contribution in [0.1, 0.15) is 46.0 Å². The van der Waals surface area contributed by atoms with E-state index in [4.69, 9.17) is 4.99 Å². The summed E-state index contributed by atoms with van der Waals surface area (Å²) in [5.74, 6) is 1.40. The summed E-state index contributed by atoms with van der Waals surface area (Å²) in [5, 5.41) is 13.6. The lowest BCUT2D eigenvalue weighted by atomic mass is 10.0. The van der Waals surface area contributed by atoms with E-state index >= 15 is 0 Å². The van der Waals surface area contributed by atoms with E-state index in [1.54, 1.807) is 6.07 Å². The number of piperidine rings is 1. The third kappa shape index (κ3) is 6.26. The van der Waals surface area contributed by atoms with Crippen LogP contribution in [0.2, 0.25) is 0 Å². The van der Waals surface area contributed by atoms with Crippen LogP contribution in [0.4, 0.5) is 5.69 Å². The van der Waals surface area contributed by atoms with Crippen molar-refractivity contribution in [2.45, 2.75) is 52.0 Å². The minimum atomic E-state index is 0.365. The molecule has 1 atom stereocenters. The molecule has 3 rings (SSSR count). The number of nitrogens with zero attached hydrogens (tertiary/aromatic N) is 4. The van der Waals surface area contributed by atoms with Gasteiger partial charge in [0.15, 0.2) is 5.96 Å². The first kappa shape index (κ1) is 21.8. The number of aromatic hydroxyl groups is 1. The van der Waals surface area contributed by atoms with Crippen LogP contribution >= 0.6 is 0 Å². The minimum Gasteiger partial charge on any atom is -0.506 e. The molecule has 2 saturated heterocycles. The molecule has 0 bridgehead atoms. The van der Waals surface area contributed by atoms with Gasteiger partial charge in [-0.25, -0.2) is 0 Å². The number of nitrogens with one attached hydrogen (secondary N) is 1. The highest BCUT2D eigenvalue weighted by atomic mass is 16.3. The Bertz CT molecular complexity index is 642. The molecule has 0 aliphatic carbocycles. The number of phenols is 1. The van der Waals surface area contributed by atoms with Gasteiger partial charge in [-0.2, -0.15) is 0 Å². The lowest BCUT2D eigenvalue weighted by molar-refractivity contribution is 0.158. The summed E-state index contributed by atoms with van der Waals surface area (Å²) < 4.78 is 0. The van der Waals surface area contributed by atoms with E-state index in [1.165, 1.54) is 38.8 Å². The van der Waals surface area contributed by atoms with Gasteiger partial charge in [0.25, 0.3) is 0 Å². The van der Waals surface area contributed by atoms with Gasteiger partial charge in [0, 0.05) is 45.3 Å². The topological polar surface area (TPSA) is 54.3 Å². The van der Waals surface area contributed by atoms with Crippen LogP contribution in [0.3, 0.4) is 0 Å². The number of anilines is 1. The second-order valence-electron chi connectivity index (χ2n) is 8.29. The molecule has 2 fully saturated rings. The number of unbranched alkanes of at least 4 members (excludes halogenated alkanes) is 1. The zero-order chi connectivity index (χ0) is 20.5. The average Bonchev–Trinajstić information content (AvgIpc) is 2.74. The molecule has 0 radical (unpaired) electrons. The number of para-hydroxylation sites is 2. The van der Waals surface area contributed by atoms with Crippen LogP contribution in [0.15, 0.2) is 29.3 Å². The van der Waals surface area contributed by atoms with Crippen LogP contribution in [0.5, 0.6) is 5.75 Å². The van der Waals surface area contributed by atoms with E-state index in [0.717, 1.165) is 63.4 Å². The van der Waals surface area contributed by atoms with Crippen molar-refractivity contribution in [1.82, 2.24) is 15.1 Å². The fourth-order valence-corrected chi connectivity index (χ4v) is 4.42. The Kier molecular flexibility index (Phi) is 8.47. The molecule has 2 N–H and O–H groups in total. The van der Waals surface area contributed by atoms with Crippen LogP contribution in [0.25, 0.3) is 0 Å². The highest BCUT2D eigenvalue weighted by molar-refractivity contribution is 5.80. The van der Waals surface area contributed by atoms with E-state index in [1.807, 2.05) is 18.2 Å². The first-order valence-electron chi connectivity index (χ1n) is 11.5. The molecule has 2 aliphatic rings. The fraction of sp³-hybridized carbons (Fsp3) is 0.696. The standard InChI is InChI=1S/C23H39N5O/c1-3-24-23(25-13-7-9-15-26-14-8-6-10-20(26)2)28-18-16-27(17-19-28)21-11-4-5-12-22(21)29/h4-5,11-12,20,29H,3,6-10,13-19H2,1-2H3,(H,24,25). The molecule has 1 aromatic carbocycles. The molecule has 0 saturated carbocycles. The van der Waals surface area contributed by atoms with E-state index in [9.17, 15) is 5.11 Å². The maximum atomic E-state index is 10.1. The molecule has 6 nitrogen and oxygen atoms in total. The molecule has 6 heteroatoms. The maximum Gasteiger partial charge on any atom is 0.194 e. The Morgan fingerprint density at radius 1 is 1.10 bits per heavy atom.